The van der Waals surface area contributed by atoms with Gasteiger partial charge in [0.15, 0.2) is 11.5 Å². The largest absolute Gasteiger partial charge is 0.493 e. The number of methoxy groups -OCH3 is 3. The van der Waals surface area contributed by atoms with Crippen molar-refractivity contribution >= 4 is 23.4 Å². The number of aryl methyl sites for hydroxylation is 1. The first-order valence-corrected chi connectivity index (χ1v) is 7.93. The fourth-order valence-electron chi connectivity index (χ4n) is 2.40. The average molecular weight is 372 g/mol. The summed E-state index contributed by atoms with van der Waals surface area (Å²) in [5.41, 5.74) is 1.67. The van der Waals surface area contributed by atoms with Crippen LogP contribution in [0.5, 0.6) is 17.2 Å². The van der Waals surface area contributed by atoms with Gasteiger partial charge >= 0.3 is 0 Å². The zero-order chi connectivity index (χ0) is 20.0. The van der Waals surface area contributed by atoms with Crippen LogP contribution >= 0.6 is 0 Å². The van der Waals surface area contributed by atoms with E-state index in [1.165, 1.54) is 39.5 Å². The van der Waals surface area contributed by atoms with Crippen molar-refractivity contribution in [2.24, 2.45) is 0 Å². The van der Waals surface area contributed by atoms with Crippen LogP contribution in [0.25, 0.3) is 6.08 Å². The molecule has 0 aliphatic rings. The average Bonchev–Trinajstić information content (AvgIpc) is 2.66. The van der Waals surface area contributed by atoms with Gasteiger partial charge < -0.3 is 19.5 Å². The van der Waals surface area contributed by atoms with Crippen LogP contribution in [0.2, 0.25) is 0 Å². The Morgan fingerprint density at radius 2 is 1.70 bits per heavy atom. The van der Waals surface area contributed by atoms with Crippen LogP contribution in [0.3, 0.4) is 0 Å². The Morgan fingerprint density at radius 1 is 1.07 bits per heavy atom. The molecule has 0 aliphatic carbocycles. The van der Waals surface area contributed by atoms with E-state index in [0.717, 1.165) is 5.56 Å². The van der Waals surface area contributed by atoms with Gasteiger partial charge in [0.2, 0.25) is 11.7 Å². The first-order chi connectivity index (χ1) is 12.9. The number of benzene rings is 2. The number of hydrogen-bond acceptors (Lipinski definition) is 6. The first-order valence-electron chi connectivity index (χ1n) is 7.93. The van der Waals surface area contributed by atoms with Crippen molar-refractivity contribution in [1.82, 2.24) is 0 Å². The van der Waals surface area contributed by atoms with Gasteiger partial charge in [-0.15, -0.1) is 0 Å². The molecule has 8 heteroatoms. The van der Waals surface area contributed by atoms with Crippen molar-refractivity contribution in [2.45, 2.75) is 6.92 Å². The molecule has 1 amide bonds. The fourth-order valence-corrected chi connectivity index (χ4v) is 2.40. The van der Waals surface area contributed by atoms with E-state index in [0.29, 0.717) is 28.5 Å². The van der Waals surface area contributed by atoms with Crippen LogP contribution in [0, 0.1) is 17.0 Å². The summed E-state index contributed by atoms with van der Waals surface area (Å²) in [4.78, 5) is 22.6. The number of nitro benzene ring substituents is 1. The smallest absolute Gasteiger partial charge is 0.271 e. The summed E-state index contributed by atoms with van der Waals surface area (Å²) in [6, 6.07) is 7.68. The van der Waals surface area contributed by atoms with Crippen LogP contribution in [-0.4, -0.2) is 32.2 Å². The minimum atomic E-state index is -0.513. The third-order valence-electron chi connectivity index (χ3n) is 3.80. The molecule has 0 bridgehead atoms. The van der Waals surface area contributed by atoms with Gasteiger partial charge in [-0.2, -0.15) is 0 Å². The van der Waals surface area contributed by atoms with Gasteiger partial charge in [-0.25, -0.2) is 0 Å². The number of carbonyl (C=O) groups excluding carboxylic acids is 1. The van der Waals surface area contributed by atoms with Crippen LogP contribution < -0.4 is 19.5 Å². The molecule has 1 N–H and O–H groups in total. The fraction of sp³-hybridized carbons (Fsp3) is 0.211. The molecule has 0 aliphatic heterocycles. The highest BCUT2D eigenvalue weighted by atomic mass is 16.6. The maximum atomic E-state index is 12.2. The van der Waals surface area contributed by atoms with Gasteiger partial charge in [-0.05, 0) is 36.3 Å². The molecule has 27 heavy (non-hydrogen) atoms. The van der Waals surface area contributed by atoms with Crippen molar-refractivity contribution in [3.05, 3.63) is 57.6 Å². The zero-order valence-corrected chi connectivity index (χ0v) is 15.4. The van der Waals surface area contributed by atoms with Gasteiger partial charge in [0.25, 0.3) is 5.69 Å². The molecule has 0 spiro atoms. The van der Waals surface area contributed by atoms with Crippen LogP contribution in [-0.2, 0) is 4.79 Å². The number of nitro groups is 1. The Balaban J connectivity index is 2.22. The van der Waals surface area contributed by atoms with Gasteiger partial charge in [-0.1, -0.05) is 6.07 Å². The Hall–Kier alpha value is -3.55. The highest BCUT2D eigenvalue weighted by Crippen LogP contribution is 2.38. The van der Waals surface area contributed by atoms with Gasteiger partial charge in [-0.3, -0.25) is 14.9 Å². The van der Waals surface area contributed by atoms with Crippen molar-refractivity contribution < 1.29 is 23.9 Å². The van der Waals surface area contributed by atoms with Gasteiger partial charge in [0, 0.05) is 18.2 Å². The van der Waals surface area contributed by atoms with Crippen molar-refractivity contribution in [3.8, 4) is 17.2 Å². The number of rotatable bonds is 7. The van der Waals surface area contributed by atoms with Crippen molar-refractivity contribution in [2.75, 3.05) is 26.6 Å². The number of ether oxygens (including phenoxy) is 3. The normalized spacial score (nSPS) is 10.5. The number of carbonyl (C=O) groups is 1. The Bertz CT molecular complexity index is 867. The summed E-state index contributed by atoms with van der Waals surface area (Å²) in [6.45, 7) is 1.75. The molecule has 2 aromatic rings. The van der Waals surface area contributed by atoms with E-state index in [-0.39, 0.29) is 5.69 Å². The van der Waals surface area contributed by atoms with Crippen molar-refractivity contribution in [1.29, 1.82) is 0 Å². The molecule has 0 fully saturated rings. The lowest BCUT2D eigenvalue weighted by molar-refractivity contribution is -0.384. The molecule has 2 aromatic carbocycles. The second-order valence-electron chi connectivity index (χ2n) is 5.54. The zero-order valence-electron chi connectivity index (χ0n) is 15.4. The quantitative estimate of drug-likeness (QED) is 0.453. The van der Waals surface area contributed by atoms with Crippen LogP contribution in [0.4, 0.5) is 11.4 Å². The van der Waals surface area contributed by atoms with Crippen molar-refractivity contribution in [3.63, 3.8) is 0 Å². The summed E-state index contributed by atoms with van der Waals surface area (Å²) >= 11 is 0. The Kier molecular flexibility index (Phi) is 6.37. The molecule has 8 nitrogen and oxygen atoms in total. The predicted octanol–water partition coefficient (Wildman–Crippen LogP) is 3.58. The van der Waals surface area contributed by atoms with Gasteiger partial charge in [0.1, 0.15) is 0 Å². The summed E-state index contributed by atoms with van der Waals surface area (Å²) in [6.07, 6.45) is 2.89. The molecule has 0 unspecified atom stereocenters. The molecule has 2 rings (SSSR count). The molecule has 0 atom stereocenters. The minimum Gasteiger partial charge on any atom is -0.493 e. The summed E-state index contributed by atoms with van der Waals surface area (Å²) in [7, 11) is 4.51. The second-order valence-corrected chi connectivity index (χ2v) is 5.54. The molecule has 0 radical (unpaired) electrons. The Labute approximate surface area is 156 Å². The molecular weight excluding hydrogens is 352 g/mol. The second kappa shape index (κ2) is 8.70. The van der Waals surface area contributed by atoms with E-state index in [4.69, 9.17) is 14.2 Å². The molecule has 0 aromatic heterocycles. The molecule has 0 saturated carbocycles. The molecule has 0 heterocycles. The number of anilines is 1. The van der Waals surface area contributed by atoms with E-state index in [1.807, 2.05) is 0 Å². The third kappa shape index (κ3) is 4.75. The molecular formula is C19H20N2O6. The third-order valence-corrected chi connectivity index (χ3v) is 3.80. The number of nitrogens with one attached hydrogen (secondary N) is 1. The highest BCUT2D eigenvalue weighted by molar-refractivity contribution is 6.02. The van der Waals surface area contributed by atoms with Crippen LogP contribution in [0.1, 0.15) is 11.1 Å². The first kappa shape index (κ1) is 19.8. The van der Waals surface area contributed by atoms with Gasteiger partial charge in [0.05, 0.1) is 31.9 Å². The molecule has 0 saturated heterocycles. The molecule has 142 valence electrons. The Morgan fingerprint density at radius 3 is 2.22 bits per heavy atom. The van der Waals surface area contributed by atoms with E-state index in [1.54, 1.807) is 31.2 Å². The number of hydrogen-bond donors (Lipinski definition) is 1. The number of amides is 1. The van der Waals surface area contributed by atoms with Crippen LogP contribution in [0.15, 0.2) is 36.4 Å². The summed E-state index contributed by atoms with van der Waals surface area (Å²) in [5, 5.41) is 13.5. The maximum Gasteiger partial charge on any atom is 0.271 e. The van der Waals surface area contributed by atoms with E-state index in [2.05, 4.69) is 5.32 Å². The topological polar surface area (TPSA) is 99.9 Å². The lowest BCUT2D eigenvalue weighted by atomic mass is 10.1. The number of non-ortho nitro benzene ring substituents is 1. The predicted molar refractivity (Wildman–Crippen MR) is 102 cm³/mol. The monoisotopic (exact) mass is 372 g/mol. The highest BCUT2D eigenvalue weighted by Gasteiger charge is 2.13. The summed E-state index contributed by atoms with van der Waals surface area (Å²) < 4.78 is 15.8. The lowest BCUT2D eigenvalue weighted by Gasteiger charge is -2.12. The van der Waals surface area contributed by atoms with E-state index < -0.39 is 10.8 Å². The van der Waals surface area contributed by atoms with E-state index in [9.17, 15) is 14.9 Å². The standard InChI is InChI=1S/C19H20N2O6/c1-12-5-7-14(21(23)24)11-15(12)20-18(22)8-6-13-9-16(25-2)19(27-4)17(10-13)26-3/h5-11H,1-4H3,(H,20,22). The summed E-state index contributed by atoms with van der Waals surface area (Å²) in [5.74, 6) is 0.957. The lowest BCUT2D eigenvalue weighted by Crippen LogP contribution is -2.09. The van der Waals surface area contributed by atoms with E-state index >= 15 is 0 Å². The minimum absolute atomic E-state index is 0.0930. The number of nitrogens with zero attached hydrogens (tertiary/aromatic N) is 1. The maximum absolute atomic E-state index is 12.2. The SMILES string of the molecule is COc1cc(C=CC(=O)Nc2cc([N+](=O)[O-])ccc2C)cc(OC)c1OC.